The Labute approximate surface area is 169 Å². The molecule has 1 saturated heterocycles. The average Bonchev–Trinajstić information content (AvgIpc) is 3.14. The molecule has 0 amide bonds. The summed E-state index contributed by atoms with van der Waals surface area (Å²) in [7, 11) is 0. The Balaban J connectivity index is 1.36. The molecule has 29 heavy (non-hydrogen) atoms. The predicted octanol–water partition coefficient (Wildman–Crippen LogP) is 1.74. The molecular weight excluding hydrogens is 370 g/mol. The lowest BCUT2D eigenvalue weighted by molar-refractivity contribution is 0.0300. The van der Waals surface area contributed by atoms with Gasteiger partial charge in [-0.15, -0.1) is 5.10 Å². The minimum atomic E-state index is -0.496. The van der Waals surface area contributed by atoms with Gasteiger partial charge in [0.15, 0.2) is 5.82 Å². The molecule has 9 nitrogen and oxygen atoms in total. The summed E-state index contributed by atoms with van der Waals surface area (Å²) in [6.45, 7) is 4.25. The largest absolute Gasteiger partial charge is 0.388 e. The van der Waals surface area contributed by atoms with Crippen LogP contribution in [0, 0.1) is 0 Å². The molecule has 0 aliphatic carbocycles. The van der Waals surface area contributed by atoms with Crippen molar-refractivity contribution in [1.82, 2.24) is 24.6 Å². The van der Waals surface area contributed by atoms with Gasteiger partial charge in [-0.3, -0.25) is 4.90 Å². The first-order valence-corrected chi connectivity index (χ1v) is 9.68. The fourth-order valence-electron chi connectivity index (χ4n) is 3.24. The minimum Gasteiger partial charge on any atom is -0.388 e. The number of aliphatic hydroxyl groups excluding tert-OH is 1. The molecule has 1 aliphatic rings. The second kappa shape index (κ2) is 8.99. The number of rotatable bonds is 7. The standard InChI is InChI=1S/C20H25N7O2/c21-19-24-20(25-27(19)18-3-1-2-9-22-18)23-16-6-4-15(5-7-16)17(28)8-10-26-11-13-29-14-12-26/h1-7,9,17,28H,8,10-14H2,(H3,21,23,24,25). The zero-order valence-electron chi connectivity index (χ0n) is 16.1. The van der Waals surface area contributed by atoms with Gasteiger partial charge in [-0.05, 0) is 36.2 Å². The smallest absolute Gasteiger partial charge is 0.248 e. The van der Waals surface area contributed by atoms with Crippen molar-refractivity contribution in [3.63, 3.8) is 0 Å². The highest BCUT2D eigenvalue weighted by Gasteiger charge is 2.14. The van der Waals surface area contributed by atoms with Gasteiger partial charge in [0, 0.05) is 31.5 Å². The number of pyridine rings is 1. The normalized spacial score (nSPS) is 15.9. The molecule has 2 aromatic heterocycles. The van der Waals surface area contributed by atoms with E-state index in [1.54, 1.807) is 6.20 Å². The lowest BCUT2D eigenvalue weighted by Gasteiger charge is -2.27. The number of ether oxygens (including phenoxy) is 1. The Kier molecular flexibility index (Phi) is 5.99. The lowest BCUT2D eigenvalue weighted by Crippen LogP contribution is -2.37. The monoisotopic (exact) mass is 395 g/mol. The van der Waals surface area contributed by atoms with Crippen molar-refractivity contribution >= 4 is 17.6 Å². The van der Waals surface area contributed by atoms with E-state index in [4.69, 9.17) is 10.5 Å². The summed E-state index contributed by atoms with van der Waals surface area (Å²) in [5, 5.41) is 18.0. The summed E-state index contributed by atoms with van der Waals surface area (Å²) in [5.41, 5.74) is 7.65. The van der Waals surface area contributed by atoms with Gasteiger partial charge in [-0.1, -0.05) is 18.2 Å². The summed E-state index contributed by atoms with van der Waals surface area (Å²) in [5.74, 6) is 1.24. The van der Waals surface area contributed by atoms with Crippen LogP contribution in [-0.2, 0) is 4.74 Å². The Morgan fingerprint density at radius 1 is 1.14 bits per heavy atom. The third kappa shape index (κ3) is 4.89. The van der Waals surface area contributed by atoms with Gasteiger partial charge in [-0.25, -0.2) is 4.98 Å². The highest BCUT2D eigenvalue weighted by Crippen LogP contribution is 2.22. The van der Waals surface area contributed by atoms with Crippen LogP contribution in [0.5, 0.6) is 0 Å². The SMILES string of the molecule is Nc1nc(Nc2ccc(C(O)CCN3CCOCC3)cc2)nn1-c1ccccn1. The first-order chi connectivity index (χ1) is 14.2. The van der Waals surface area contributed by atoms with Crippen LogP contribution in [-0.4, -0.2) is 62.6 Å². The molecule has 0 bridgehead atoms. The van der Waals surface area contributed by atoms with Crippen LogP contribution in [0.15, 0.2) is 48.7 Å². The van der Waals surface area contributed by atoms with E-state index < -0.39 is 6.10 Å². The third-order valence-electron chi connectivity index (χ3n) is 4.87. The molecule has 4 rings (SSSR count). The van der Waals surface area contributed by atoms with Crippen molar-refractivity contribution in [3.8, 4) is 5.82 Å². The fourth-order valence-corrected chi connectivity index (χ4v) is 3.24. The average molecular weight is 395 g/mol. The zero-order chi connectivity index (χ0) is 20.1. The Morgan fingerprint density at radius 3 is 2.66 bits per heavy atom. The molecule has 1 atom stereocenters. The molecule has 4 N–H and O–H groups in total. The molecule has 1 aromatic carbocycles. The number of hydrogen-bond donors (Lipinski definition) is 3. The zero-order valence-corrected chi connectivity index (χ0v) is 16.1. The molecule has 152 valence electrons. The summed E-state index contributed by atoms with van der Waals surface area (Å²) < 4.78 is 6.83. The predicted molar refractivity (Wildman–Crippen MR) is 110 cm³/mol. The number of hydrogen-bond acceptors (Lipinski definition) is 8. The maximum absolute atomic E-state index is 10.5. The van der Waals surface area contributed by atoms with E-state index in [0.29, 0.717) is 18.2 Å². The van der Waals surface area contributed by atoms with Crippen LogP contribution in [0.25, 0.3) is 5.82 Å². The van der Waals surface area contributed by atoms with Gasteiger partial charge >= 0.3 is 0 Å². The number of nitrogen functional groups attached to an aromatic ring is 1. The van der Waals surface area contributed by atoms with E-state index in [1.165, 1.54) is 4.68 Å². The van der Waals surface area contributed by atoms with Crippen molar-refractivity contribution in [3.05, 3.63) is 54.2 Å². The van der Waals surface area contributed by atoms with E-state index in [0.717, 1.165) is 44.1 Å². The molecule has 3 heterocycles. The number of morpholine rings is 1. The van der Waals surface area contributed by atoms with Gasteiger partial charge in [0.1, 0.15) is 0 Å². The highest BCUT2D eigenvalue weighted by atomic mass is 16.5. The summed E-state index contributed by atoms with van der Waals surface area (Å²) in [6.07, 6.45) is 1.87. The quantitative estimate of drug-likeness (QED) is 0.554. The van der Waals surface area contributed by atoms with E-state index >= 15 is 0 Å². The maximum Gasteiger partial charge on any atom is 0.248 e. The molecule has 1 unspecified atom stereocenters. The molecule has 9 heteroatoms. The molecule has 1 fully saturated rings. The van der Waals surface area contributed by atoms with Crippen LogP contribution in [0.4, 0.5) is 17.6 Å². The number of nitrogens with two attached hydrogens (primary N) is 1. The molecular formula is C20H25N7O2. The first kappa shape index (κ1) is 19.3. The van der Waals surface area contributed by atoms with Gasteiger partial charge in [0.05, 0.1) is 19.3 Å². The van der Waals surface area contributed by atoms with Crippen LogP contribution in [0.3, 0.4) is 0 Å². The van der Waals surface area contributed by atoms with E-state index in [9.17, 15) is 5.11 Å². The summed E-state index contributed by atoms with van der Waals surface area (Å²) >= 11 is 0. The summed E-state index contributed by atoms with van der Waals surface area (Å²) in [6, 6.07) is 13.1. The third-order valence-corrected chi connectivity index (χ3v) is 4.87. The van der Waals surface area contributed by atoms with Crippen molar-refractivity contribution in [1.29, 1.82) is 0 Å². The molecule has 0 spiro atoms. The molecule has 3 aromatic rings. The van der Waals surface area contributed by atoms with Gasteiger partial charge in [0.25, 0.3) is 0 Å². The van der Waals surface area contributed by atoms with Crippen LogP contribution < -0.4 is 11.1 Å². The van der Waals surface area contributed by atoms with Crippen molar-refractivity contribution in [2.45, 2.75) is 12.5 Å². The number of anilines is 3. The second-order valence-corrected chi connectivity index (χ2v) is 6.90. The number of aromatic nitrogens is 4. The van der Waals surface area contributed by atoms with Crippen molar-refractivity contribution < 1.29 is 9.84 Å². The van der Waals surface area contributed by atoms with Crippen LogP contribution >= 0.6 is 0 Å². The van der Waals surface area contributed by atoms with Gasteiger partial charge in [-0.2, -0.15) is 9.67 Å². The number of nitrogens with one attached hydrogen (secondary N) is 1. The van der Waals surface area contributed by atoms with Crippen molar-refractivity contribution in [2.24, 2.45) is 0 Å². The van der Waals surface area contributed by atoms with E-state index in [1.807, 2.05) is 42.5 Å². The second-order valence-electron chi connectivity index (χ2n) is 6.90. The topological polar surface area (TPSA) is 114 Å². The number of aliphatic hydroxyl groups is 1. The highest BCUT2D eigenvalue weighted by molar-refractivity contribution is 5.55. The van der Waals surface area contributed by atoms with Crippen LogP contribution in [0.2, 0.25) is 0 Å². The van der Waals surface area contributed by atoms with Gasteiger partial charge < -0.3 is 20.9 Å². The Morgan fingerprint density at radius 2 is 1.93 bits per heavy atom. The number of benzene rings is 1. The first-order valence-electron chi connectivity index (χ1n) is 9.68. The van der Waals surface area contributed by atoms with Crippen LogP contribution in [0.1, 0.15) is 18.1 Å². The number of nitrogens with zero attached hydrogens (tertiary/aromatic N) is 5. The molecule has 1 aliphatic heterocycles. The summed E-state index contributed by atoms with van der Waals surface area (Å²) in [4.78, 5) is 10.8. The lowest BCUT2D eigenvalue weighted by atomic mass is 10.1. The molecule has 0 saturated carbocycles. The fraction of sp³-hybridized carbons (Fsp3) is 0.350. The van der Waals surface area contributed by atoms with Gasteiger partial charge in [0.2, 0.25) is 11.9 Å². The minimum absolute atomic E-state index is 0.251. The maximum atomic E-state index is 10.5. The Hall–Kier alpha value is -3.01. The van der Waals surface area contributed by atoms with Crippen molar-refractivity contribution in [2.75, 3.05) is 43.9 Å². The van der Waals surface area contributed by atoms with E-state index in [2.05, 4.69) is 25.3 Å². The molecule has 0 radical (unpaired) electrons. The Bertz CT molecular complexity index is 908. The van der Waals surface area contributed by atoms with E-state index in [-0.39, 0.29) is 5.95 Å².